The highest BCUT2D eigenvalue weighted by Gasteiger charge is 2.45. The van der Waals surface area contributed by atoms with Crippen LogP contribution in [0.15, 0.2) is 30.3 Å². The summed E-state index contributed by atoms with van der Waals surface area (Å²) >= 11 is 0. The first-order chi connectivity index (χ1) is 10.7. The van der Waals surface area contributed by atoms with E-state index in [4.69, 9.17) is 9.47 Å². The summed E-state index contributed by atoms with van der Waals surface area (Å²) in [6.07, 6.45) is 2.17. The third kappa shape index (κ3) is 3.14. The van der Waals surface area contributed by atoms with Gasteiger partial charge < -0.3 is 9.47 Å². The van der Waals surface area contributed by atoms with E-state index < -0.39 is 6.09 Å². The summed E-state index contributed by atoms with van der Waals surface area (Å²) in [4.78, 5) is 26.1. The lowest BCUT2D eigenvalue weighted by Gasteiger charge is -2.24. The molecule has 5 heteroatoms. The zero-order valence-electron chi connectivity index (χ0n) is 12.7. The summed E-state index contributed by atoms with van der Waals surface area (Å²) in [5.41, 5.74) is 1.10. The number of methoxy groups -OCH3 is 1. The molecular weight excluding hydrogens is 282 g/mol. The summed E-state index contributed by atoms with van der Waals surface area (Å²) in [5, 5.41) is 0. The molecule has 1 aliphatic carbocycles. The molecule has 2 aliphatic rings. The van der Waals surface area contributed by atoms with Crippen LogP contribution in [0.1, 0.15) is 18.4 Å². The predicted molar refractivity (Wildman–Crippen MR) is 80.2 cm³/mol. The Morgan fingerprint density at radius 3 is 2.73 bits per heavy atom. The Morgan fingerprint density at radius 2 is 2.09 bits per heavy atom. The van der Waals surface area contributed by atoms with Crippen LogP contribution in [-0.2, 0) is 20.7 Å². The fraction of sp³-hybridized carbons (Fsp3) is 0.529. The Labute approximate surface area is 130 Å². The molecule has 0 bridgehead atoms. The smallest absolute Gasteiger partial charge is 0.416 e. The summed E-state index contributed by atoms with van der Waals surface area (Å²) in [6, 6.07) is 9.64. The number of benzene rings is 1. The highest BCUT2D eigenvalue weighted by atomic mass is 16.6. The maximum Gasteiger partial charge on any atom is 0.416 e. The molecule has 22 heavy (non-hydrogen) atoms. The Morgan fingerprint density at radius 1 is 1.36 bits per heavy atom. The summed E-state index contributed by atoms with van der Waals surface area (Å²) in [7, 11) is 1.59. The van der Waals surface area contributed by atoms with Gasteiger partial charge in [0.15, 0.2) is 0 Å². The van der Waals surface area contributed by atoms with E-state index in [1.807, 2.05) is 30.3 Å². The van der Waals surface area contributed by atoms with Gasteiger partial charge >= 0.3 is 6.09 Å². The van der Waals surface area contributed by atoms with Crippen LogP contribution in [0, 0.1) is 11.8 Å². The lowest BCUT2D eigenvalue weighted by atomic mass is 10.0. The van der Waals surface area contributed by atoms with Crippen molar-refractivity contribution in [2.24, 2.45) is 11.8 Å². The minimum absolute atomic E-state index is 0.146. The highest BCUT2D eigenvalue weighted by molar-refractivity contribution is 5.95. The molecule has 118 valence electrons. The minimum atomic E-state index is -0.521. The normalized spacial score (nSPS) is 22.5. The van der Waals surface area contributed by atoms with Gasteiger partial charge in [0.05, 0.1) is 18.6 Å². The predicted octanol–water partition coefficient (Wildman–Crippen LogP) is 2.25. The van der Waals surface area contributed by atoms with Crippen molar-refractivity contribution in [1.29, 1.82) is 0 Å². The number of ether oxygens (including phenoxy) is 2. The molecule has 0 unspecified atom stereocenters. The molecule has 2 fully saturated rings. The van der Waals surface area contributed by atoms with E-state index in [2.05, 4.69) is 0 Å². The Balaban J connectivity index is 1.73. The van der Waals surface area contributed by atoms with Gasteiger partial charge in [-0.1, -0.05) is 30.3 Å². The molecule has 1 aliphatic heterocycles. The summed E-state index contributed by atoms with van der Waals surface area (Å²) in [6.45, 7) is 0.634. The number of carbonyl (C=O) groups excluding carboxylic acids is 2. The van der Waals surface area contributed by atoms with Crippen molar-refractivity contribution in [2.75, 3.05) is 20.3 Å². The lowest BCUT2D eigenvalue weighted by Crippen LogP contribution is -2.45. The van der Waals surface area contributed by atoms with Gasteiger partial charge in [-0.15, -0.1) is 0 Å². The molecule has 1 saturated heterocycles. The molecule has 1 aromatic rings. The number of cyclic esters (lactones) is 1. The van der Waals surface area contributed by atoms with Crippen molar-refractivity contribution in [3.05, 3.63) is 35.9 Å². The minimum Gasteiger partial charge on any atom is -0.447 e. The Kier molecular flexibility index (Phi) is 4.43. The summed E-state index contributed by atoms with van der Waals surface area (Å²) in [5.74, 6) is -0.0278. The first-order valence-corrected chi connectivity index (χ1v) is 7.73. The molecule has 0 spiro atoms. The lowest BCUT2D eigenvalue weighted by molar-refractivity contribution is -0.135. The van der Waals surface area contributed by atoms with Crippen molar-refractivity contribution in [2.45, 2.75) is 25.3 Å². The van der Waals surface area contributed by atoms with E-state index in [0.717, 1.165) is 18.4 Å². The topological polar surface area (TPSA) is 55.8 Å². The number of rotatable bonds is 6. The van der Waals surface area contributed by atoms with Crippen molar-refractivity contribution >= 4 is 12.0 Å². The van der Waals surface area contributed by atoms with E-state index in [1.54, 1.807) is 7.11 Å². The van der Waals surface area contributed by atoms with Gasteiger partial charge in [0.25, 0.3) is 0 Å². The van der Waals surface area contributed by atoms with Gasteiger partial charge in [0.1, 0.15) is 6.61 Å². The molecule has 2 amide bonds. The monoisotopic (exact) mass is 303 g/mol. The fourth-order valence-electron chi connectivity index (χ4n) is 3.03. The van der Waals surface area contributed by atoms with Gasteiger partial charge in [0, 0.05) is 7.11 Å². The number of amides is 2. The number of imide groups is 1. The van der Waals surface area contributed by atoms with Gasteiger partial charge in [-0.05, 0) is 30.7 Å². The van der Waals surface area contributed by atoms with Gasteiger partial charge in [0.2, 0.25) is 5.91 Å². The molecule has 0 radical (unpaired) electrons. The average Bonchev–Trinajstić information content (AvgIpc) is 3.30. The zero-order chi connectivity index (χ0) is 15.5. The van der Waals surface area contributed by atoms with Crippen LogP contribution in [0.2, 0.25) is 0 Å². The molecule has 1 heterocycles. The highest BCUT2D eigenvalue weighted by Crippen LogP contribution is 2.38. The second-order valence-electron chi connectivity index (χ2n) is 6.03. The first-order valence-electron chi connectivity index (χ1n) is 7.73. The number of hydrogen-bond donors (Lipinski definition) is 0. The Bertz CT molecular complexity index is 541. The molecule has 0 aromatic heterocycles. The number of nitrogens with zero attached hydrogens (tertiary/aromatic N) is 1. The maximum absolute atomic E-state index is 12.8. The third-order valence-corrected chi connectivity index (χ3v) is 4.37. The van der Waals surface area contributed by atoms with Crippen molar-refractivity contribution in [3.8, 4) is 0 Å². The van der Waals surface area contributed by atoms with E-state index in [1.165, 1.54) is 4.90 Å². The summed E-state index contributed by atoms with van der Waals surface area (Å²) < 4.78 is 10.3. The van der Waals surface area contributed by atoms with Crippen LogP contribution >= 0.6 is 0 Å². The average molecular weight is 303 g/mol. The standard InChI is InChI=1S/C17H21NO4/c1-21-11-15(13-7-8-13)16(19)18-14(10-22-17(18)20)9-12-5-3-2-4-6-12/h2-6,13-15H,7-11H2,1H3/t14-,15-/m1/s1. The zero-order valence-corrected chi connectivity index (χ0v) is 12.7. The molecule has 2 atom stereocenters. The fourth-order valence-corrected chi connectivity index (χ4v) is 3.03. The maximum atomic E-state index is 12.8. The molecule has 1 aromatic carbocycles. The number of hydrogen-bond acceptors (Lipinski definition) is 4. The van der Waals surface area contributed by atoms with Gasteiger partial charge in [-0.3, -0.25) is 4.79 Å². The van der Waals surface area contributed by atoms with E-state index in [0.29, 0.717) is 18.9 Å². The van der Waals surface area contributed by atoms with Crippen molar-refractivity contribution < 1.29 is 19.1 Å². The second-order valence-corrected chi connectivity index (χ2v) is 6.03. The molecule has 1 saturated carbocycles. The van der Waals surface area contributed by atoms with Crippen LogP contribution < -0.4 is 0 Å². The van der Waals surface area contributed by atoms with Crippen LogP contribution in [0.3, 0.4) is 0 Å². The molecule has 0 N–H and O–H groups in total. The largest absolute Gasteiger partial charge is 0.447 e. The Hall–Kier alpha value is -1.88. The molecular formula is C17H21NO4. The van der Waals surface area contributed by atoms with Gasteiger partial charge in [-0.2, -0.15) is 0 Å². The van der Waals surface area contributed by atoms with Crippen LogP contribution in [0.5, 0.6) is 0 Å². The first kappa shape index (κ1) is 15.0. The van der Waals surface area contributed by atoms with Crippen LogP contribution in [0.4, 0.5) is 4.79 Å². The van der Waals surface area contributed by atoms with Crippen molar-refractivity contribution in [1.82, 2.24) is 4.90 Å². The van der Waals surface area contributed by atoms with Crippen LogP contribution in [0.25, 0.3) is 0 Å². The number of carbonyl (C=O) groups is 2. The SMILES string of the molecule is COC[C@@H](C(=O)N1C(=O)OC[C@H]1Cc1ccccc1)C1CC1. The van der Waals surface area contributed by atoms with Crippen molar-refractivity contribution in [3.63, 3.8) is 0 Å². The third-order valence-electron chi connectivity index (χ3n) is 4.37. The van der Waals surface area contributed by atoms with E-state index >= 15 is 0 Å². The van der Waals surface area contributed by atoms with Crippen LogP contribution in [-0.4, -0.2) is 43.3 Å². The van der Waals surface area contributed by atoms with Gasteiger partial charge in [-0.25, -0.2) is 9.69 Å². The molecule has 3 rings (SSSR count). The second kappa shape index (κ2) is 6.48. The quantitative estimate of drug-likeness (QED) is 0.809. The molecule has 5 nitrogen and oxygen atoms in total. The van der Waals surface area contributed by atoms with E-state index in [-0.39, 0.29) is 24.5 Å². The van der Waals surface area contributed by atoms with E-state index in [9.17, 15) is 9.59 Å².